The van der Waals surface area contributed by atoms with E-state index in [0.717, 1.165) is 48.5 Å². The molecular formula is C27H38O18. The Balaban J connectivity index is 2.51. The van der Waals surface area contributed by atoms with Crippen LogP contribution >= 0.6 is 0 Å². The van der Waals surface area contributed by atoms with E-state index >= 15 is 0 Å². The van der Waals surface area contributed by atoms with Gasteiger partial charge in [0.25, 0.3) is 0 Å². The molecule has 2 rings (SSSR count). The molecule has 18 nitrogen and oxygen atoms in total. The molecule has 10 unspecified atom stereocenters. The predicted octanol–water partition coefficient (Wildman–Crippen LogP) is -0.747. The summed E-state index contributed by atoms with van der Waals surface area (Å²) in [6.45, 7) is 6.49. The van der Waals surface area contributed by atoms with Crippen molar-refractivity contribution in [2.75, 3.05) is 20.3 Å². The van der Waals surface area contributed by atoms with Crippen LogP contribution in [0.2, 0.25) is 0 Å². The van der Waals surface area contributed by atoms with E-state index in [4.69, 9.17) is 52.1 Å². The molecule has 45 heavy (non-hydrogen) atoms. The van der Waals surface area contributed by atoms with Gasteiger partial charge in [-0.15, -0.1) is 0 Å². The molecule has 0 N–H and O–H groups in total. The van der Waals surface area contributed by atoms with Crippen molar-refractivity contribution in [1.29, 1.82) is 0 Å². The Morgan fingerprint density at radius 1 is 0.444 bits per heavy atom. The molecule has 2 saturated heterocycles. The minimum absolute atomic E-state index is 0.502. The number of hydrogen-bond acceptors (Lipinski definition) is 18. The molecule has 0 aliphatic carbocycles. The largest absolute Gasteiger partial charge is 0.463 e. The number of methoxy groups -OCH3 is 1. The second-order valence-electron chi connectivity index (χ2n) is 9.90. The number of hydrogen-bond donors (Lipinski definition) is 0. The standard InChI is InChI=1S/C27H38O18/c1-11(28)36-9-18-20(38-12(2)29)23(41-15(5)32)25(43-17(7)34)27(45-18)37-10-19-21(39-13(3)30)22(40-14(4)31)24(42-16(6)33)26(35-8)44-19/h18-27H,9-10H2,1-8H3. The van der Waals surface area contributed by atoms with Gasteiger partial charge in [0.2, 0.25) is 0 Å². The van der Waals surface area contributed by atoms with Gasteiger partial charge < -0.3 is 52.1 Å². The summed E-state index contributed by atoms with van der Waals surface area (Å²) in [4.78, 5) is 83.6. The lowest BCUT2D eigenvalue weighted by molar-refractivity contribution is -0.332. The molecule has 0 spiro atoms. The third-order valence-corrected chi connectivity index (χ3v) is 6.10. The highest BCUT2D eigenvalue weighted by Crippen LogP contribution is 2.33. The Labute approximate surface area is 258 Å². The zero-order valence-corrected chi connectivity index (χ0v) is 26.0. The van der Waals surface area contributed by atoms with Crippen LogP contribution in [-0.2, 0) is 85.7 Å². The number of ether oxygens (including phenoxy) is 11. The van der Waals surface area contributed by atoms with Gasteiger partial charge in [0.1, 0.15) is 18.8 Å². The maximum Gasteiger partial charge on any atom is 0.303 e. The first-order valence-corrected chi connectivity index (χ1v) is 13.7. The third kappa shape index (κ3) is 11.2. The average molecular weight is 651 g/mol. The average Bonchev–Trinajstić information content (AvgIpc) is 2.90. The molecule has 2 aliphatic rings. The molecule has 2 heterocycles. The van der Waals surface area contributed by atoms with Crippen molar-refractivity contribution in [3.63, 3.8) is 0 Å². The number of esters is 7. The topological polar surface area (TPSA) is 221 Å². The van der Waals surface area contributed by atoms with Gasteiger partial charge in [0, 0.05) is 55.6 Å². The first kappa shape index (κ1) is 37.3. The van der Waals surface area contributed by atoms with E-state index in [1.807, 2.05) is 0 Å². The summed E-state index contributed by atoms with van der Waals surface area (Å²) in [6, 6.07) is 0. The number of rotatable bonds is 12. The normalized spacial score (nSPS) is 31.0. The minimum Gasteiger partial charge on any atom is -0.463 e. The summed E-state index contributed by atoms with van der Waals surface area (Å²) in [5.41, 5.74) is 0. The van der Waals surface area contributed by atoms with Crippen LogP contribution in [0.15, 0.2) is 0 Å². The summed E-state index contributed by atoms with van der Waals surface area (Å²) < 4.78 is 60.1. The van der Waals surface area contributed by atoms with Gasteiger partial charge in [-0.2, -0.15) is 0 Å². The van der Waals surface area contributed by atoms with Gasteiger partial charge in [0.05, 0.1) is 6.61 Å². The summed E-state index contributed by atoms with van der Waals surface area (Å²) >= 11 is 0. The molecule has 2 aliphatic heterocycles. The lowest BCUT2D eigenvalue weighted by Gasteiger charge is -2.46. The Hall–Kier alpha value is -3.87. The molecule has 0 aromatic heterocycles. The zero-order valence-electron chi connectivity index (χ0n) is 26.0. The van der Waals surface area contributed by atoms with Crippen molar-refractivity contribution in [3.05, 3.63) is 0 Å². The molecule has 0 bridgehead atoms. The van der Waals surface area contributed by atoms with Crippen LogP contribution in [0.1, 0.15) is 48.5 Å². The van der Waals surface area contributed by atoms with Crippen LogP contribution in [0.4, 0.5) is 0 Å². The van der Waals surface area contributed by atoms with Crippen molar-refractivity contribution in [2.24, 2.45) is 0 Å². The lowest BCUT2D eigenvalue weighted by Crippen LogP contribution is -2.65. The van der Waals surface area contributed by atoms with E-state index in [2.05, 4.69) is 0 Å². The van der Waals surface area contributed by atoms with Gasteiger partial charge in [-0.05, 0) is 0 Å². The molecule has 10 atom stereocenters. The van der Waals surface area contributed by atoms with Gasteiger partial charge >= 0.3 is 41.8 Å². The van der Waals surface area contributed by atoms with Crippen LogP contribution in [-0.4, -0.2) is 124 Å². The molecule has 0 amide bonds. The van der Waals surface area contributed by atoms with Crippen molar-refractivity contribution in [2.45, 2.75) is 110 Å². The summed E-state index contributed by atoms with van der Waals surface area (Å²) in [7, 11) is 1.22. The SMILES string of the molecule is COC1OC(COC2OC(COC(C)=O)C(OC(C)=O)C(OC(C)=O)C2OC(C)=O)C(OC(C)=O)C(OC(C)=O)C1OC(C)=O. The fourth-order valence-electron chi connectivity index (χ4n) is 4.69. The molecule has 0 radical (unpaired) electrons. The predicted molar refractivity (Wildman–Crippen MR) is 140 cm³/mol. The van der Waals surface area contributed by atoms with E-state index < -0.39 is 116 Å². The van der Waals surface area contributed by atoms with Crippen molar-refractivity contribution in [3.8, 4) is 0 Å². The van der Waals surface area contributed by atoms with Gasteiger partial charge in [-0.3, -0.25) is 33.6 Å². The van der Waals surface area contributed by atoms with Gasteiger partial charge in [0.15, 0.2) is 49.2 Å². The highest BCUT2D eigenvalue weighted by molar-refractivity contribution is 5.69. The Morgan fingerprint density at radius 3 is 1.16 bits per heavy atom. The zero-order chi connectivity index (χ0) is 34.0. The quantitative estimate of drug-likeness (QED) is 0.187. The molecule has 0 saturated carbocycles. The van der Waals surface area contributed by atoms with Crippen molar-refractivity contribution < 1.29 is 85.7 Å². The maximum atomic E-state index is 12.1. The summed E-state index contributed by atoms with van der Waals surface area (Å²) in [5.74, 6) is -5.67. The molecular weight excluding hydrogens is 612 g/mol. The smallest absolute Gasteiger partial charge is 0.303 e. The van der Waals surface area contributed by atoms with Crippen LogP contribution in [0.5, 0.6) is 0 Å². The third-order valence-electron chi connectivity index (χ3n) is 6.10. The van der Waals surface area contributed by atoms with E-state index in [1.165, 1.54) is 7.11 Å². The van der Waals surface area contributed by atoms with E-state index in [9.17, 15) is 33.6 Å². The highest BCUT2D eigenvalue weighted by Gasteiger charge is 2.55. The van der Waals surface area contributed by atoms with Crippen LogP contribution in [0, 0.1) is 0 Å². The van der Waals surface area contributed by atoms with Gasteiger partial charge in [-0.25, -0.2) is 0 Å². The Kier molecular flexibility index (Phi) is 14.1. The maximum absolute atomic E-state index is 12.1. The molecule has 254 valence electrons. The Morgan fingerprint density at radius 2 is 0.778 bits per heavy atom. The molecule has 0 aromatic rings. The minimum atomic E-state index is -1.61. The van der Waals surface area contributed by atoms with Crippen LogP contribution in [0.25, 0.3) is 0 Å². The highest BCUT2D eigenvalue weighted by atomic mass is 16.8. The first-order chi connectivity index (χ1) is 21.0. The fourth-order valence-corrected chi connectivity index (χ4v) is 4.69. The van der Waals surface area contributed by atoms with Crippen molar-refractivity contribution >= 4 is 41.8 Å². The second-order valence-corrected chi connectivity index (χ2v) is 9.90. The van der Waals surface area contributed by atoms with Crippen molar-refractivity contribution in [1.82, 2.24) is 0 Å². The summed E-state index contributed by atoms with van der Waals surface area (Å²) in [5, 5.41) is 0. The van der Waals surface area contributed by atoms with E-state index in [-0.39, 0.29) is 0 Å². The fraction of sp³-hybridized carbons (Fsp3) is 0.741. The number of carbonyl (C=O) groups excluding carboxylic acids is 7. The summed E-state index contributed by atoms with van der Waals surface area (Å²) in [6.07, 6.45) is -14.3. The van der Waals surface area contributed by atoms with Crippen LogP contribution in [0.3, 0.4) is 0 Å². The second kappa shape index (κ2) is 17.0. The van der Waals surface area contributed by atoms with E-state index in [1.54, 1.807) is 0 Å². The Bertz CT molecular complexity index is 1110. The van der Waals surface area contributed by atoms with Crippen LogP contribution < -0.4 is 0 Å². The molecule has 18 heteroatoms. The first-order valence-electron chi connectivity index (χ1n) is 13.7. The van der Waals surface area contributed by atoms with E-state index in [0.29, 0.717) is 0 Å². The molecule has 0 aromatic carbocycles. The number of carbonyl (C=O) groups is 7. The molecule has 2 fully saturated rings. The van der Waals surface area contributed by atoms with Gasteiger partial charge in [-0.1, -0.05) is 0 Å². The monoisotopic (exact) mass is 650 g/mol. The lowest BCUT2D eigenvalue weighted by atomic mass is 9.97.